The van der Waals surface area contributed by atoms with Crippen molar-refractivity contribution in [3.05, 3.63) is 34.9 Å². The van der Waals surface area contributed by atoms with E-state index in [1.807, 2.05) is 41.8 Å². The van der Waals surface area contributed by atoms with Crippen molar-refractivity contribution < 1.29 is 9.59 Å². The Labute approximate surface area is 153 Å². The van der Waals surface area contributed by atoms with Gasteiger partial charge >= 0.3 is 0 Å². The third-order valence-corrected chi connectivity index (χ3v) is 6.21. The maximum atomic E-state index is 13.2. The van der Waals surface area contributed by atoms with Crippen LogP contribution in [0.25, 0.3) is 0 Å². The van der Waals surface area contributed by atoms with Gasteiger partial charge in [-0.2, -0.15) is 11.8 Å². The van der Waals surface area contributed by atoms with Crippen molar-refractivity contribution in [3.63, 3.8) is 0 Å². The molecule has 1 fully saturated rings. The predicted molar refractivity (Wildman–Crippen MR) is 103 cm³/mol. The van der Waals surface area contributed by atoms with Crippen molar-refractivity contribution in [3.8, 4) is 0 Å². The Morgan fingerprint density at radius 1 is 1.40 bits per heavy atom. The Balaban J connectivity index is 1.79. The van der Waals surface area contributed by atoms with Gasteiger partial charge in [-0.25, -0.2) is 0 Å². The van der Waals surface area contributed by atoms with Crippen molar-refractivity contribution in [2.75, 3.05) is 18.1 Å². The second kappa shape index (κ2) is 7.73. The van der Waals surface area contributed by atoms with Crippen LogP contribution in [0, 0.1) is 12.3 Å². The number of fused-ring (bicyclic) bond motifs is 1. The molecule has 1 aromatic carbocycles. The quantitative estimate of drug-likeness (QED) is 0.814. The molecule has 1 aliphatic carbocycles. The Morgan fingerprint density at radius 3 is 2.96 bits per heavy atom. The summed E-state index contributed by atoms with van der Waals surface area (Å²) in [6.45, 7) is 4.77. The highest BCUT2D eigenvalue weighted by atomic mass is 32.2. The van der Waals surface area contributed by atoms with Crippen molar-refractivity contribution in [1.29, 1.82) is 5.41 Å². The van der Waals surface area contributed by atoms with Crippen LogP contribution in [0.3, 0.4) is 0 Å². The van der Waals surface area contributed by atoms with E-state index in [1.54, 1.807) is 0 Å². The molecule has 1 saturated heterocycles. The minimum atomic E-state index is -0.339. The molecule has 2 unspecified atom stereocenters. The number of rotatable bonds is 5. The smallest absolute Gasteiger partial charge is 0.230 e. The zero-order valence-corrected chi connectivity index (χ0v) is 15.8. The second-order valence-corrected chi connectivity index (χ2v) is 8.24. The molecule has 1 amide bonds. The minimum Gasteiger partial charge on any atom is -0.337 e. The molecular weight excluding hydrogens is 332 g/mol. The highest BCUT2D eigenvalue weighted by molar-refractivity contribution is 7.99. The average molecular weight is 359 g/mol. The average Bonchev–Trinajstić information content (AvgIpc) is 2.91. The molecule has 3 rings (SSSR count). The van der Waals surface area contributed by atoms with Gasteiger partial charge in [0, 0.05) is 48.2 Å². The number of ketones is 1. The molecule has 0 saturated carbocycles. The zero-order chi connectivity index (χ0) is 18.0. The lowest BCUT2D eigenvalue weighted by Crippen LogP contribution is -2.48. The van der Waals surface area contributed by atoms with Crippen LogP contribution < -0.4 is 0 Å². The monoisotopic (exact) mass is 358 g/mol. The molecule has 5 heteroatoms. The number of carbonyl (C=O) groups is 2. The van der Waals surface area contributed by atoms with Gasteiger partial charge in [0.25, 0.3) is 0 Å². The molecular formula is C20H26N2O2S. The summed E-state index contributed by atoms with van der Waals surface area (Å²) in [6, 6.07) is 5.93. The van der Waals surface area contributed by atoms with Crippen LogP contribution in [-0.4, -0.2) is 46.4 Å². The largest absolute Gasteiger partial charge is 0.337 e. The van der Waals surface area contributed by atoms with E-state index >= 15 is 0 Å². The first-order valence-corrected chi connectivity index (χ1v) is 10.2. The summed E-state index contributed by atoms with van der Waals surface area (Å²) in [5.41, 5.74) is 3.40. The van der Waals surface area contributed by atoms with Crippen molar-refractivity contribution in [2.24, 2.45) is 0 Å². The first-order valence-electron chi connectivity index (χ1n) is 9.09. The standard InChI is InChI=1S/C20H26N2O2S/c1-3-4-14(21)10-15-12-25-8-7-22(15)20(24)18-11-19(23)17-9-13(2)5-6-16(17)18/h5-6,9,15,18,21H,3-4,7-8,10-12H2,1-2H3. The lowest BCUT2D eigenvalue weighted by atomic mass is 9.97. The van der Waals surface area contributed by atoms with Crippen LogP contribution in [0.4, 0.5) is 0 Å². The van der Waals surface area contributed by atoms with Crippen molar-refractivity contribution >= 4 is 29.2 Å². The number of carbonyl (C=O) groups excluding carboxylic acids is 2. The summed E-state index contributed by atoms with van der Waals surface area (Å²) in [7, 11) is 0. The molecule has 0 bridgehead atoms. The molecule has 25 heavy (non-hydrogen) atoms. The van der Waals surface area contributed by atoms with Gasteiger partial charge in [-0.1, -0.05) is 31.0 Å². The molecule has 0 aromatic heterocycles. The van der Waals surface area contributed by atoms with Crippen LogP contribution in [-0.2, 0) is 4.79 Å². The number of amides is 1. The van der Waals surface area contributed by atoms with Gasteiger partial charge in [-0.15, -0.1) is 0 Å². The van der Waals surface area contributed by atoms with Crippen molar-refractivity contribution in [2.45, 2.75) is 51.5 Å². The number of Topliss-reactive ketones (excluding diaryl/α,β-unsaturated/α-hetero) is 1. The predicted octanol–water partition coefficient (Wildman–Crippen LogP) is 3.82. The first-order chi connectivity index (χ1) is 12.0. The fourth-order valence-electron chi connectivity index (χ4n) is 3.84. The van der Waals surface area contributed by atoms with Crippen LogP contribution in [0.2, 0.25) is 0 Å². The summed E-state index contributed by atoms with van der Waals surface area (Å²) in [5, 5.41) is 8.14. The SMILES string of the molecule is CCCC(=N)CC1CSCCN1C(=O)C1CC(=O)c2cc(C)ccc21. The number of hydrogen-bond acceptors (Lipinski definition) is 4. The van der Waals surface area contributed by atoms with Gasteiger partial charge in [0.2, 0.25) is 5.91 Å². The van der Waals surface area contributed by atoms with E-state index in [9.17, 15) is 9.59 Å². The van der Waals surface area contributed by atoms with Gasteiger partial charge in [0.05, 0.1) is 5.92 Å². The number of benzene rings is 1. The van der Waals surface area contributed by atoms with Gasteiger partial charge in [-0.3, -0.25) is 9.59 Å². The fourth-order valence-corrected chi connectivity index (χ4v) is 4.91. The van der Waals surface area contributed by atoms with E-state index in [1.165, 1.54) is 0 Å². The number of aryl methyl sites for hydroxylation is 1. The summed E-state index contributed by atoms with van der Waals surface area (Å²) in [4.78, 5) is 27.5. The highest BCUT2D eigenvalue weighted by Crippen LogP contribution is 2.36. The zero-order valence-electron chi connectivity index (χ0n) is 15.0. The molecule has 1 heterocycles. The molecule has 4 nitrogen and oxygen atoms in total. The van der Waals surface area contributed by atoms with Crippen LogP contribution in [0.5, 0.6) is 0 Å². The number of nitrogens with zero attached hydrogens (tertiary/aromatic N) is 1. The molecule has 0 spiro atoms. The Bertz CT molecular complexity index is 701. The van der Waals surface area contributed by atoms with E-state index in [-0.39, 0.29) is 23.7 Å². The molecule has 1 aromatic rings. The first kappa shape index (κ1) is 18.2. The van der Waals surface area contributed by atoms with E-state index < -0.39 is 0 Å². The molecule has 1 N–H and O–H groups in total. The molecule has 2 atom stereocenters. The van der Waals surface area contributed by atoms with E-state index in [4.69, 9.17) is 5.41 Å². The van der Waals surface area contributed by atoms with E-state index in [2.05, 4.69) is 6.92 Å². The van der Waals surface area contributed by atoms with Gasteiger partial charge < -0.3 is 10.3 Å². The number of hydrogen-bond donors (Lipinski definition) is 1. The molecule has 2 aliphatic rings. The normalized spacial score (nSPS) is 22.8. The van der Waals surface area contributed by atoms with Crippen LogP contribution in [0.15, 0.2) is 18.2 Å². The summed E-state index contributed by atoms with van der Waals surface area (Å²) < 4.78 is 0. The molecule has 1 aliphatic heterocycles. The van der Waals surface area contributed by atoms with E-state index in [0.29, 0.717) is 12.8 Å². The minimum absolute atomic E-state index is 0.0746. The maximum Gasteiger partial charge on any atom is 0.230 e. The van der Waals surface area contributed by atoms with Crippen LogP contribution in [0.1, 0.15) is 60.0 Å². The topological polar surface area (TPSA) is 61.2 Å². The highest BCUT2D eigenvalue weighted by Gasteiger charge is 2.39. The lowest BCUT2D eigenvalue weighted by molar-refractivity contribution is -0.134. The summed E-state index contributed by atoms with van der Waals surface area (Å²) >= 11 is 1.86. The van der Waals surface area contributed by atoms with Gasteiger partial charge in [0.15, 0.2) is 5.78 Å². The van der Waals surface area contributed by atoms with Crippen LogP contribution >= 0.6 is 11.8 Å². The van der Waals surface area contributed by atoms with Gasteiger partial charge in [-0.05, 0) is 25.0 Å². The molecule has 0 radical (unpaired) electrons. The fraction of sp³-hybridized carbons (Fsp3) is 0.550. The number of thioether (sulfide) groups is 1. The Kier molecular flexibility index (Phi) is 5.62. The maximum absolute atomic E-state index is 13.2. The third kappa shape index (κ3) is 3.81. The Hall–Kier alpha value is -1.62. The Morgan fingerprint density at radius 2 is 2.20 bits per heavy atom. The number of nitrogens with one attached hydrogen (secondary N) is 1. The third-order valence-electron chi connectivity index (χ3n) is 5.12. The summed E-state index contributed by atoms with van der Waals surface area (Å²) in [6.07, 6.45) is 2.72. The summed E-state index contributed by atoms with van der Waals surface area (Å²) in [5.74, 6) is 1.64. The van der Waals surface area contributed by atoms with E-state index in [0.717, 1.165) is 53.3 Å². The van der Waals surface area contributed by atoms with Crippen molar-refractivity contribution in [1.82, 2.24) is 4.90 Å². The van der Waals surface area contributed by atoms with Gasteiger partial charge in [0.1, 0.15) is 0 Å². The second-order valence-electron chi connectivity index (χ2n) is 7.09. The molecule has 134 valence electrons. The lowest BCUT2D eigenvalue weighted by Gasteiger charge is -2.37.